The molecule has 3 rings (SSSR count). The first kappa shape index (κ1) is 11.8. The van der Waals surface area contributed by atoms with Gasteiger partial charge in [0.25, 0.3) is 0 Å². The number of ether oxygens (including phenoxy) is 1. The molecule has 1 aliphatic rings. The lowest BCUT2D eigenvalue weighted by Crippen LogP contribution is -2.28. The minimum atomic E-state index is 0.0711. The lowest BCUT2D eigenvalue weighted by Gasteiger charge is -2.27. The van der Waals surface area contributed by atoms with Crippen LogP contribution in [-0.2, 0) is 5.54 Å². The Morgan fingerprint density at radius 2 is 2.11 bits per heavy atom. The van der Waals surface area contributed by atoms with Crippen LogP contribution in [0, 0.1) is 10.7 Å². The number of fused-ring (bicyclic) bond motifs is 1. The Hall–Kier alpha value is -1.29. The summed E-state index contributed by atoms with van der Waals surface area (Å²) >= 11 is 5.49. The van der Waals surface area contributed by atoms with E-state index in [1.54, 1.807) is 7.11 Å². The van der Waals surface area contributed by atoms with E-state index in [0.717, 1.165) is 27.5 Å². The number of aromatic nitrogens is 2. The summed E-state index contributed by atoms with van der Waals surface area (Å²) < 4.78 is 8.36. The molecule has 18 heavy (non-hydrogen) atoms. The van der Waals surface area contributed by atoms with Crippen LogP contribution >= 0.6 is 12.2 Å². The molecule has 0 radical (unpaired) electrons. The van der Waals surface area contributed by atoms with Crippen LogP contribution in [0.4, 0.5) is 0 Å². The predicted molar refractivity (Wildman–Crippen MR) is 75.7 cm³/mol. The minimum absolute atomic E-state index is 0.0711. The highest BCUT2D eigenvalue weighted by molar-refractivity contribution is 7.71. The summed E-state index contributed by atoms with van der Waals surface area (Å²) in [5, 5.41) is 0. The average Bonchev–Trinajstić information content (AvgIpc) is 3.11. The van der Waals surface area contributed by atoms with Crippen molar-refractivity contribution < 1.29 is 4.74 Å². The molecular formula is C14H18N2OS. The monoisotopic (exact) mass is 262 g/mol. The average molecular weight is 262 g/mol. The third-order valence-electron chi connectivity index (χ3n) is 4.04. The number of hydrogen-bond donors (Lipinski definition) is 1. The Bertz CT molecular complexity index is 649. The predicted octanol–water partition coefficient (Wildman–Crippen LogP) is 3.85. The highest BCUT2D eigenvalue weighted by atomic mass is 32.1. The van der Waals surface area contributed by atoms with Crippen molar-refractivity contribution in [2.45, 2.75) is 32.2 Å². The first-order valence-corrected chi connectivity index (χ1v) is 6.74. The maximum absolute atomic E-state index is 5.49. The van der Waals surface area contributed by atoms with Gasteiger partial charge in [-0.3, -0.25) is 0 Å². The number of methoxy groups -OCH3 is 1. The Kier molecular flexibility index (Phi) is 2.52. The van der Waals surface area contributed by atoms with E-state index in [0.29, 0.717) is 0 Å². The molecule has 1 heterocycles. The van der Waals surface area contributed by atoms with Gasteiger partial charge in [-0.2, -0.15) is 0 Å². The van der Waals surface area contributed by atoms with Crippen LogP contribution in [0.3, 0.4) is 0 Å². The van der Waals surface area contributed by atoms with Crippen LogP contribution in [0.25, 0.3) is 11.0 Å². The number of imidazole rings is 1. The second-order valence-electron chi connectivity index (χ2n) is 5.58. The van der Waals surface area contributed by atoms with Gasteiger partial charge in [0.1, 0.15) is 5.75 Å². The Labute approximate surface area is 112 Å². The lowest BCUT2D eigenvalue weighted by atomic mass is 9.98. The SMILES string of the molecule is COc1ccc2[nH]c(=S)n(C(C)(C)C3CC3)c2c1. The molecule has 0 amide bonds. The second kappa shape index (κ2) is 3.85. The van der Waals surface area contributed by atoms with E-state index in [1.165, 1.54) is 12.8 Å². The summed E-state index contributed by atoms with van der Waals surface area (Å²) in [4.78, 5) is 3.29. The van der Waals surface area contributed by atoms with Crippen LogP contribution < -0.4 is 4.74 Å². The van der Waals surface area contributed by atoms with Crippen LogP contribution in [0.5, 0.6) is 5.75 Å². The molecule has 0 bridgehead atoms. The molecule has 0 saturated heterocycles. The summed E-state index contributed by atoms with van der Waals surface area (Å²) in [5.74, 6) is 1.60. The summed E-state index contributed by atoms with van der Waals surface area (Å²) in [6.07, 6.45) is 2.59. The molecule has 4 heteroatoms. The molecule has 1 aliphatic carbocycles. The van der Waals surface area contributed by atoms with Crippen molar-refractivity contribution in [2.24, 2.45) is 5.92 Å². The molecule has 3 nitrogen and oxygen atoms in total. The molecule has 0 spiro atoms. The number of rotatable bonds is 3. The highest BCUT2D eigenvalue weighted by Crippen LogP contribution is 2.45. The number of nitrogens with one attached hydrogen (secondary N) is 1. The molecule has 0 atom stereocenters. The zero-order valence-corrected chi connectivity index (χ0v) is 11.8. The van der Waals surface area contributed by atoms with Crippen LogP contribution in [0.2, 0.25) is 0 Å². The number of hydrogen-bond acceptors (Lipinski definition) is 2. The minimum Gasteiger partial charge on any atom is -0.497 e. The van der Waals surface area contributed by atoms with E-state index in [2.05, 4.69) is 29.5 Å². The molecule has 1 aromatic heterocycles. The maximum Gasteiger partial charge on any atom is 0.178 e. The maximum atomic E-state index is 5.49. The van der Waals surface area contributed by atoms with Crippen molar-refractivity contribution in [3.05, 3.63) is 23.0 Å². The second-order valence-corrected chi connectivity index (χ2v) is 5.96. The fraction of sp³-hybridized carbons (Fsp3) is 0.500. The van der Waals surface area contributed by atoms with E-state index in [-0.39, 0.29) is 5.54 Å². The van der Waals surface area contributed by atoms with Crippen molar-refractivity contribution >= 4 is 23.3 Å². The highest BCUT2D eigenvalue weighted by Gasteiger charge is 2.40. The summed E-state index contributed by atoms with van der Waals surface area (Å²) in [7, 11) is 1.69. The van der Waals surface area contributed by atoms with E-state index in [9.17, 15) is 0 Å². The number of H-pyrrole nitrogens is 1. The quantitative estimate of drug-likeness (QED) is 0.851. The molecule has 0 aliphatic heterocycles. The fourth-order valence-corrected chi connectivity index (χ4v) is 3.20. The van der Waals surface area contributed by atoms with Crippen LogP contribution in [0.15, 0.2) is 18.2 Å². The number of benzene rings is 1. The van der Waals surface area contributed by atoms with Crippen LogP contribution in [-0.4, -0.2) is 16.7 Å². The molecule has 96 valence electrons. The van der Waals surface area contributed by atoms with Gasteiger partial charge in [-0.25, -0.2) is 0 Å². The largest absolute Gasteiger partial charge is 0.497 e. The van der Waals surface area contributed by atoms with Gasteiger partial charge in [0.15, 0.2) is 4.77 Å². The first-order chi connectivity index (χ1) is 8.54. The van der Waals surface area contributed by atoms with E-state index in [1.807, 2.05) is 12.1 Å². The number of nitrogens with zero attached hydrogens (tertiary/aromatic N) is 1. The van der Waals surface area contributed by atoms with Gasteiger partial charge in [0, 0.05) is 11.6 Å². The van der Waals surface area contributed by atoms with E-state index >= 15 is 0 Å². The topological polar surface area (TPSA) is 29.9 Å². The normalized spacial score (nSPS) is 16.2. The van der Waals surface area contributed by atoms with Crippen molar-refractivity contribution in [1.82, 2.24) is 9.55 Å². The van der Waals surface area contributed by atoms with E-state index < -0.39 is 0 Å². The summed E-state index contributed by atoms with van der Waals surface area (Å²) in [6, 6.07) is 6.05. The molecule has 0 unspecified atom stereocenters. The summed E-state index contributed by atoms with van der Waals surface area (Å²) in [5.41, 5.74) is 2.28. The van der Waals surface area contributed by atoms with Gasteiger partial charge in [-0.1, -0.05) is 0 Å². The van der Waals surface area contributed by atoms with Gasteiger partial charge in [0.05, 0.1) is 18.1 Å². The standard InChI is InChI=1S/C14H18N2OS/c1-14(2,9-4-5-9)16-12-8-10(17-3)6-7-11(12)15-13(16)18/h6-9H,4-5H2,1-3H3,(H,15,18). The molecule has 1 aromatic carbocycles. The molecule has 2 aromatic rings. The third-order valence-corrected chi connectivity index (χ3v) is 4.33. The Morgan fingerprint density at radius 1 is 1.39 bits per heavy atom. The molecule has 1 saturated carbocycles. The van der Waals surface area contributed by atoms with Gasteiger partial charge in [-0.05, 0) is 57.0 Å². The first-order valence-electron chi connectivity index (χ1n) is 6.33. The number of aromatic amines is 1. The van der Waals surface area contributed by atoms with Gasteiger partial charge in [-0.15, -0.1) is 0 Å². The van der Waals surface area contributed by atoms with Gasteiger partial charge < -0.3 is 14.3 Å². The van der Waals surface area contributed by atoms with Crippen LogP contribution in [0.1, 0.15) is 26.7 Å². The summed E-state index contributed by atoms with van der Waals surface area (Å²) in [6.45, 7) is 4.54. The zero-order valence-electron chi connectivity index (χ0n) is 11.0. The lowest BCUT2D eigenvalue weighted by molar-refractivity contribution is 0.310. The third kappa shape index (κ3) is 1.67. The van der Waals surface area contributed by atoms with Crippen molar-refractivity contribution in [3.8, 4) is 5.75 Å². The smallest absolute Gasteiger partial charge is 0.178 e. The fourth-order valence-electron chi connectivity index (χ4n) is 2.75. The van der Waals surface area contributed by atoms with Gasteiger partial charge in [0.2, 0.25) is 0 Å². The van der Waals surface area contributed by atoms with Crippen molar-refractivity contribution in [3.63, 3.8) is 0 Å². The Balaban J connectivity index is 2.26. The van der Waals surface area contributed by atoms with E-state index in [4.69, 9.17) is 17.0 Å². The molecular weight excluding hydrogens is 244 g/mol. The molecule has 1 N–H and O–H groups in total. The van der Waals surface area contributed by atoms with Crippen molar-refractivity contribution in [2.75, 3.05) is 7.11 Å². The Morgan fingerprint density at radius 3 is 2.72 bits per heavy atom. The van der Waals surface area contributed by atoms with Crippen molar-refractivity contribution in [1.29, 1.82) is 0 Å². The van der Waals surface area contributed by atoms with Gasteiger partial charge >= 0.3 is 0 Å². The molecule has 1 fully saturated rings. The zero-order chi connectivity index (χ0) is 12.9.